The second-order valence-corrected chi connectivity index (χ2v) is 5.56. The van der Waals surface area contributed by atoms with E-state index in [4.69, 9.17) is 4.74 Å². The van der Waals surface area contributed by atoms with Crippen LogP contribution in [0, 0.1) is 12.8 Å². The van der Waals surface area contributed by atoms with E-state index in [0.29, 0.717) is 5.92 Å². The van der Waals surface area contributed by atoms with Crippen LogP contribution in [0.2, 0.25) is 0 Å². The van der Waals surface area contributed by atoms with Gasteiger partial charge in [-0.15, -0.1) is 0 Å². The zero-order valence-corrected chi connectivity index (χ0v) is 12.5. The van der Waals surface area contributed by atoms with Gasteiger partial charge in [-0.25, -0.2) is 0 Å². The van der Waals surface area contributed by atoms with Crippen molar-refractivity contribution in [3.05, 3.63) is 28.2 Å². The summed E-state index contributed by atoms with van der Waals surface area (Å²) in [6.07, 6.45) is 1.13. The van der Waals surface area contributed by atoms with E-state index in [-0.39, 0.29) is 0 Å². The molecule has 0 fully saturated rings. The maximum Gasteiger partial charge on any atom is 0.0639 e. The normalized spacial score (nSPS) is 10.9. The van der Waals surface area contributed by atoms with Crippen molar-refractivity contribution in [2.45, 2.75) is 27.2 Å². The van der Waals surface area contributed by atoms with E-state index >= 15 is 0 Å². The van der Waals surface area contributed by atoms with Gasteiger partial charge in [-0.2, -0.15) is 0 Å². The first kappa shape index (κ1) is 14.5. The van der Waals surface area contributed by atoms with Gasteiger partial charge in [0.15, 0.2) is 0 Å². The molecule has 0 aliphatic heterocycles. The van der Waals surface area contributed by atoms with Crippen LogP contribution in [0.4, 0.5) is 5.69 Å². The molecule has 0 saturated heterocycles. The Morgan fingerprint density at radius 3 is 2.71 bits per heavy atom. The predicted octanol–water partition coefficient (Wildman–Crippen LogP) is 4.23. The van der Waals surface area contributed by atoms with Crippen molar-refractivity contribution in [3.63, 3.8) is 0 Å². The van der Waals surface area contributed by atoms with Gasteiger partial charge in [-0.05, 0) is 52.9 Å². The molecule has 2 nitrogen and oxygen atoms in total. The van der Waals surface area contributed by atoms with Crippen molar-refractivity contribution < 1.29 is 4.74 Å². The number of hydrogen-bond acceptors (Lipinski definition) is 2. The van der Waals surface area contributed by atoms with Gasteiger partial charge < -0.3 is 10.1 Å². The minimum absolute atomic E-state index is 0.717. The third-order valence-electron chi connectivity index (χ3n) is 2.53. The molecule has 1 N–H and O–H groups in total. The molecule has 0 unspecified atom stereocenters. The second kappa shape index (κ2) is 7.72. The molecular formula is C14H22BrNO. The van der Waals surface area contributed by atoms with Crippen molar-refractivity contribution in [1.29, 1.82) is 0 Å². The minimum atomic E-state index is 0.717. The molecule has 0 heterocycles. The van der Waals surface area contributed by atoms with Crippen molar-refractivity contribution in [3.8, 4) is 0 Å². The van der Waals surface area contributed by atoms with Crippen LogP contribution in [0.25, 0.3) is 0 Å². The predicted molar refractivity (Wildman–Crippen MR) is 77.6 cm³/mol. The summed E-state index contributed by atoms with van der Waals surface area (Å²) in [5, 5.41) is 3.36. The zero-order valence-electron chi connectivity index (χ0n) is 10.9. The van der Waals surface area contributed by atoms with Crippen LogP contribution in [0.5, 0.6) is 0 Å². The molecular weight excluding hydrogens is 278 g/mol. The van der Waals surface area contributed by atoms with Gasteiger partial charge in [-0.1, -0.05) is 19.9 Å². The highest BCUT2D eigenvalue weighted by Gasteiger charge is 1.99. The van der Waals surface area contributed by atoms with E-state index in [9.17, 15) is 0 Å². The van der Waals surface area contributed by atoms with Crippen molar-refractivity contribution in [2.75, 3.05) is 25.1 Å². The number of hydrogen-bond donors (Lipinski definition) is 1. The third kappa shape index (κ3) is 6.08. The number of benzene rings is 1. The van der Waals surface area contributed by atoms with E-state index in [2.05, 4.69) is 60.2 Å². The topological polar surface area (TPSA) is 21.3 Å². The Bertz CT molecular complexity index is 339. The average Bonchev–Trinajstić information content (AvgIpc) is 2.25. The molecule has 1 rings (SSSR count). The van der Waals surface area contributed by atoms with Gasteiger partial charge in [0.2, 0.25) is 0 Å². The lowest BCUT2D eigenvalue weighted by Gasteiger charge is -2.10. The molecule has 0 aliphatic rings. The third-order valence-corrected chi connectivity index (χ3v) is 3.18. The molecule has 0 spiro atoms. The molecule has 0 bridgehead atoms. The summed E-state index contributed by atoms with van der Waals surface area (Å²) in [4.78, 5) is 0. The summed E-state index contributed by atoms with van der Waals surface area (Å²) in [5.74, 6) is 0.717. The first-order chi connectivity index (χ1) is 8.09. The quantitative estimate of drug-likeness (QED) is 0.761. The van der Waals surface area contributed by atoms with Crippen LogP contribution in [-0.2, 0) is 4.74 Å². The summed E-state index contributed by atoms with van der Waals surface area (Å²) in [5.41, 5.74) is 2.39. The lowest BCUT2D eigenvalue weighted by molar-refractivity contribution is 0.132. The molecule has 0 aliphatic carbocycles. The van der Waals surface area contributed by atoms with Crippen LogP contribution in [0.1, 0.15) is 25.8 Å². The Morgan fingerprint density at radius 1 is 1.29 bits per heavy atom. The molecule has 1 aromatic rings. The largest absolute Gasteiger partial charge is 0.382 e. The van der Waals surface area contributed by atoms with Crippen LogP contribution in [0.15, 0.2) is 22.7 Å². The first-order valence-corrected chi connectivity index (χ1v) is 6.96. The SMILES string of the molecule is Cc1ccc(NCCOCCC(C)C)c(Br)c1. The minimum Gasteiger partial charge on any atom is -0.382 e. The lowest BCUT2D eigenvalue weighted by atomic mass is 10.1. The molecule has 1 aromatic carbocycles. The Kier molecular flexibility index (Phi) is 6.60. The Morgan fingerprint density at radius 2 is 2.06 bits per heavy atom. The van der Waals surface area contributed by atoms with Crippen molar-refractivity contribution >= 4 is 21.6 Å². The zero-order chi connectivity index (χ0) is 12.7. The smallest absolute Gasteiger partial charge is 0.0639 e. The second-order valence-electron chi connectivity index (χ2n) is 4.70. The maximum atomic E-state index is 5.55. The molecule has 0 saturated carbocycles. The fourth-order valence-corrected chi connectivity index (χ4v) is 2.08. The molecule has 96 valence electrons. The summed E-state index contributed by atoms with van der Waals surface area (Å²) in [6.45, 7) is 8.97. The summed E-state index contributed by atoms with van der Waals surface area (Å²) in [7, 11) is 0. The number of anilines is 1. The van der Waals surface area contributed by atoms with Gasteiger partial charge >= 0.3 is 0 Å². The fourth-order valence-electron chi connectivity index (χ4n) is 1.44. The van der Waals surface area contributed by atoms with Crippen LogP contribution >= 0.6 is 15.9 Å². The maximum absolute atomic E-state index is 5.55. The van der Waals surface area contributed by atoms with Gasteiger partial charge in [0.25, 0.3) is 0 Å². The Hall–Kier alpha value is -0.540. The number of halogens is 1. The highest BCUT2D eigenvalue weighted by atomic mass is 79.9. The van der Waals surface area contributed by atoms with Gasteiger partial charge in [-0.3, -0.25) is 0 Å². The van der Waals surface area contributed by atoms with E-state index in [1.165, 1.54) is 5.56 Å². The van der Waals surface area contributed by atoms with Crippen LogP contribution in [0.3, 0.4) is 0 Å². The fraction of sp³-hybridized carbons (Fsp3) is 0.571. The average molecular weight is 300 g/mol. The van der Waals surface area contributed by atoms with Crippen LogP contribution in [-0.4, -0.2) is 19.8 Å². The van der Waals surface area contributed by atoms with Crippen molar-refractivity contribution in [1.82, 2.24) is 0 Å². The summed E-state index contributed by atoms with van der Waals surface area (Å²) >= 11 is 3.55. The van der Waals surface area contributed by atoms with Gasteiger partial charge in [0.1, 0.15) is 0 Å². The summed E-state index contributed by atoms with van der Waals surface area (Å²) in [6, 6.07) is 6.31. The number of aryl methyl sites for hydroxylation is 1. The van der Waals surface area contributed by atoms with Gasteiger partial charge in [0, 0.05) is 23.3 Å². The highest BCUT2D eigenvalue weighted by Crippen LogP contribution is 2.22. The number of nitrogens with one attached hydrogen (secondary N) is 1. The lowest BCUT2D eigenvalue weighted by Crippen LogP contribution is -2.11. The van der Waals surface area contributed by atoms with E-state index in [1.54, 1.807) is 0 Å². The molecule has 0 radical (unpaired) electrons. The molecule has 0 atom stereocenters. The molecule has 3 heteroatoms. The Labute approximate surface area is 113 Å². The first-order valence-electron chi connectivity index (χ1n) is 6.17. The van der Waals surface area contributed by atoms with Crippen LogP contribution < -0.4 is 5.32 Å². The van der Waals surface area contributed by atoms with E-state index < -0.39 is 0 Å². The molecule has 17 heavy (non-hydrogen) atoms. The number of ether oxygens (including phenoxy) is 1. The van der Waals surface area contributed by atoms with E-state index in [1.807, 2.05) is 0 Å². The van der Waals surface area contributed by atoms with E-state index in [0.717, 1.165) is 36.3 Å². The van der Waals surface area contributed by atoms with Gasteiger partial charge in [0.05, 0.1) is 6.61 Å². The monoisotopic (exact) mass is 299 g/mol. The standard InChI is InChI=1S/C14H22BrNO/c1-11(2)6-8-17-9-7-16-14-5-4-12(3)10-13(14)15/h4-5,10-11,16H,6-9H2,1-3H3. The molecule has 0 amide bonds. The summed E-state index contributed by atoms with van der Waals surface area (Å²) < 4.78 is 6.66. The Balaban J connectivity index is 2.18. The number of rotatable bonds is 7. The van der Waals surface area contributed by atoms with Crippen molar-refractivity contribution in [2.24, 2.45) is 5.92 Å². The highest BCUT2D eigenvalue weighted by molar-refractivity contribution is 9.10. The molecule has 0 aromatic heterocycles.